The third-order valence-electron chi connectivity index (χ3n) is 4.18. The van der Waals surface area contributed by atoms with Gasteiger partial charge in [-0.15, -0.1) is 0 Å². The molecule has 0 fully saturated rings. The van der Waals surface area contributed by atoms with Crippen LogP contribution in [-0.2, 0) is 18.9 Å². The van der Waals surface area contributed by atoms with Crippen LogP contribution in [0.15, 0.2) is 0 Å². The Hall–Kier alpha value is 0.274. The molecule has 0 spiro atoms. The summed E-state index contributed by atoms with van der Waals surface area (Å²) in [6.07, 6.45) is 8.04. The number of ether oxygens (including phenoxy) is 4. The second-order valence-corrected chi connectivity index (χ2v) is 12.0. The number of rotatable bonds is 18. The summed E-state index contributed by atoms with van der Waals surface area (Å²) in [4.78, 5) is 0. The van der Waals surface area contributed by atoms with Crippen molar-refractivity contribution in [3.8, 4) is 0 Å². The van der Waals surface area contributed by atoms with Crippen LogP contribution in [0.4, 0.5) is 0 Å². The van der Waals surface area contributed by atoms with Gasteiger partial charge in [-0.3, -0.25) is 0 Å². The van der Waals surface area contributed by atoms with Crippen LogP contribution in [0.3, 0.4) is 0 Å². The molecule has 0 N–H and O–H groups in total. The van der Waals surface area contributed by atoms with Crippen molar-refractivity contribution >= 4 is 19.0 Å². The fraction of sp³-hybridized carbons (Fsp3) is 1.00. The van der Waals surface area contributed by atoms with E-state index in [1.54, 1.807) is 0 Å². The maximum atomic E-state index is 5.84. The SMILES string of the molecule is CCCCCCCC([SiH2]C(OCC)OCC)[SiH2]C(OCC)OCC. The third-order valence-corrected chi connectivity index (χ3v) is 10.0. The van der Waals surface area contributed by atoms with Gasteiger partial charge < -0.3 is 18.9 Å². The first-order valence-electron chi connectivity index (χ1n) is 10.2. The van der Waals surface area contributed by atoms with Gasteiger partial charge in [0.1, 0.15) is 11.8 Å². The molecule has 0 aromatic heterocycles. The molecule has 24 heavy (non-hydrogen) atoms. The normalized spacial score (nSPS) is 14.1. The number of hydrogen-bond donors (Lipinski definition) is 0. The first-order valence-corrected chi connectivity index (χ1v) is 13.4. The Morgan fingerprint density at radius 3 is 1.38 bits per heavy atom. The molecule has 0 aliphatic rings. The lowest BCUT2D eigenvalue weighted by Gasteiger charge is -2.26. The van der Waals surface area contributed by atoms with Gasteiger partial charge in [0.25, 0.3) is 0 Å². The topological polar surface area (TPSA) is 36.9 Å². The zero-order valence-electron chi connectivity index (χ0n) is 16.9. The molecule has 0 rings (SSSR count). The number of hydrogen-bond acceptors (Lipinski definition) is 4. The van der Waals surface area contributed by atoms with Crippen LogP contribution < -0.4 is 0 Å². The molecule has 0 atom stereocenters. The van der Waals surface area contributed by atoms with E-state index in [0.717, 1.165) is 31.6 Å². The Kier molecular flexibility index (Phi) is 18.3. The second kappa shape index (κ2) is 18.1. The minimum Gasteiger partial charge on any atom is -0.357 e. The first kappa shape index (κ1) is 24.3. The Labute approximate surface area is 155 Å². The van der Waals surface area contributed by atoms with Crippen molar-refractivity contribution in [3.05, 3.63) is 0 Å². The molecule has 0 aromatic carbocycles. The van der Waals surface area contributed by atoms with Gasteiger partial charge >= 0.3 is 0 Å². The van der Waals surface area contributed by atoms with Crippen molar-refractivity contribution in [2.24, 2.45) is 0 Å². The van der Waals surface area contributed by atoms with Crippen LogP contribution in [0.5, 0.6) is 0 Å². The molecule has 0 aromatic rings. The average Bonchev–Trinajstić information content (AvgIpc) is 2.55. The van der Waals surface area contributed by atoms with Crippen LogP contribution in [0.1, 0.15) is 73.1 Å². The highest BCUT2D eigenvalue weighted by Crippen LogP contribution is 2.19. The van der Waals surface area contributed by atoms with Gasteiger partial charge in [-0.2, -0.15) is 0 Å². The highest BCUT2D eigenvalue weighted by Gasteiger charge is 2.23. The summed E-state index contributed by atoms with van der Waals surface area (Å²) in [5.74, 6) is 0.133. The zero-order valence-corrected chi connectivity index (χ0v) is 19.7. The van der Waals surface area contributed by atoms with Gasteiger partial charge in [0, 0.05) is 26.4 Å². The molecule has 0 saturated carbocycles. The quantitative estimate of drug-likeness (QED) is 0.209. The van der Waals surface area contributed by atoms with E-state index in [1.165, 1.54) is 38.5 Å². The van der Waals surface area contributed by atoms with Gasteiger partial charge in [-0.1, -0.05) is 50.6 Å². The van der Waals surface area contributed by atoms with Crippen LogP contribution in [0.25, 0.3) is 0 Å². The molecule has 0 bridgehead atoms. The smallest absolute Gasteiger partial charge is 0.134 e. The van der Waals surface area contributed by atoms with E-state index >= 15 is 0 Å². The van der Waals surface area contributed by atoms with E-state index in [-0.39, 0.29) is 11.8 Å². The molecular weight excluding hydrogens is 336 g/mol. The van der Waals surface area contributed by atoms with Crippen molar-refractivity contribution in [1.82, 2.24) is 0 Å². The molecule has 6 heteroatoms. The summed E-state index contributed by atoms with van der Waals surface area (Å²) < 4.78 is 23.4. The van der Waals surface area contributed by atoms with E-state index < -0.39 is 19.0 Å². The summed E-state index contributed by atoms with van der Waals surface area (Å²) >= 11 is 0. The molecule has 0 radical (unpaired) electrons. The average molecular weight is 379 g/mol. The van der Waals surface area contributed by atoms with Crippen LogP contribution in [-0.4, -0.2) is 57.3 Å². The Morgan fingerprint density at radius 1 is 0.583 bits per heavy atom. The van der Waals surface area contributed by atoms with Crippen LogP contribution in [0, 0.1) is 0 Å². The highest BCUT2D eigenvalue weighted by atomic mass is 28.3. The zero-order chi connectivity index (χ0) is 18.0. The molecule has 4 nitrogen and oxygen atoms in total. The van der Waals surface area contributed by atoms with E-state index in [4.69, 9.17) is 18.9 Å². The molecule has 0 heterocycles. The van der Waals surface area contributed by atoms with Gasteiger partial charge in [-0.05, 0) is 27.7 Å². The van der Waals surface area contributed by atoms with E-state index in [0.29, 0.717) is 0 Å². The monoisotopic (exact) mass is 378 g/mol. The molecule has 0 saturated heterocycles. The summed E-state index contributed by atoms with van der Waals surface area (Å²) in [6.45, 7) is 13.5. The van der Waals surface area contributed by atoms with Gasteiger partial charge in [0.15, 0.2) is 0 Å². The summed E-state index contributed by atoms with van der Waals surface area (Å²) in [6, 6.07) is 0. The largest absolute Gasteiger partial charge is 0.357 e. The lowest BCUT2D eigenvalue weighted by Crippen LogP contribution is -2.36. The fourth-order valence-corrected chi connectivity index (χ4v) is 9.05. The fourth-order valence-electron chi connectivity index (χ4n) is 3.02. The van der Waals surface area contributed by atoms with Crippen molar-refractivity contribution < 1.29 is 18.9 Å². The molecule has 0 aliphatic carbocycles. The maximum Gasteiger partial charge on any atom is 0.134 e. The Balaban J connectivity index is 4.53. The van der Waals surface area contributed by atoms with Gasteiger partial charge in [0.2, 0.25) is 0 Å². The molecule has 0 amide bonds. The second-order valence-electron chi connectivity index (χ2n) is 6.22. The van der Waals surface area contributed by atoms with Crippen LogP contribution in [0.2, 0.25) is 5.16 Å². The molecule has 0 aliphatic heterocycles. The Bertz CT molecular complexity index is 227. The van der Waals surface area contributed by atoms with Crippen molar-refractivity contribution in [2.75, 3.05) is 26.4 Å². The summed E-state index contributed by atoms with van der Waals surface area (Å²) in [7, 11) is -0.883. The maximum absolute atomic E-state index is 5.84. The predicted octanol–water partition coefficient (Wildman–Crippen LogP) is 3.14. The predicted molar refractivity (Wildman–Crippen MR) is 108 cm³/mol. The molecular formula is C18H42O4Si2. The van der Waals surface area contributed by atoms with Gasteiger partial charge in [0.05, 0.1) is 19.0 Å². The van der Waals surface area contributed by atoms with Crippen molar-refractivity contribution in [3.63, 3.8) is 0 Å². The minimum atomic E-state index is -0.442. The highest BCUT2D eigenvalue weighted by molar-refractivity contribution is 6.59. The standard InChI is InChI=1S/C18H42O4Si2/c1-6-11-12-13-14-15-16(23-17(19-7-2)20-8-3)24-18(21-9-4)22-10-5/h16-18H,6-15,23-24H2,1-5H3. The van der Waals surface area contributed by atoms with Crippen molar-refractivity contribution in [2.45, 2.75) is 90.1 Å². The molecule has 0 unspecified atom stereocenters. The van der Waals surface area contributed by atoms with E-state index in [9.17, 15) is 0 Å². The Morgan fingerprint density at radius 2 is 1.00 bits per heavy atom. The minimum absolute atomic E-state index is 0.0667. The third kappa shape index (κ3) is 13.6. The lowest BCUT2D eigenvalue weighted by atomic mass is 10.1. The van der Waals surface area contributed by atoms with Gasteiger partial charge in [-0.25, -0.2) is 0 Å². The van der Waals surface area contributed by atoms with Crippen molar-refractivity contribution in [1.29, 1.82) is 0 Å². The first-order chi connectivity index (χ1) is 11.7. The van der Waals surface area contributed by atoms with E-state index in [1.807, 2.05) is 0 Å². The molecule has 146 valence electrons. The summed E-state index contributed by atoms with van der Waals surface area (Å²) in [5, 5.41) is 0.790. The van der Waals surface area contributed by atoms with Crippen LogP contribution >= 0.6 is 0 Å². The number of unbranched alkanes of at least 4 members (excludes halogenated alkanes) is 4. The summed E-state index contributed by atoms with van der Waals surface area (Å²) in [5.41, 5.74) is 0. The lowest BCUT2D eigenvalue weighted by molar-refractivity contribution is -0.0856. The van der Waals surface area contributed by atoms with E-state index in [2.05, 4.69) is 34.6 Å².